The lowest BCUT2D eigenvalue weighted by Gasteiger charge is -2.28. The van der Waals surface area contributed by atoms with Crippen LogP contribution in [0.15, 0.2) is 48.5 Å². The Balaban J connectivity index is 1.55. The van der Waals surface area contributed by atoms with Crippen molar-refractivity contribution in [1.82, 2.24) is 31.9 Å². The van der Waals surface area contributed by atoms with Gasteiger partial charge in [0.1, 0.15) is 53.6 Å². The van der Waals surface area contributed by atoms with Gasteiger partial charge in [-0.05, 0) is 111 Å². The minimum Gasteiger partial charge on any atom is -0.460 e. The fourth-order valence-corrected chi connectivity index (χ4v) is 8.01. The molecular weight excluding hydrogens is 1050 g/mol. The molecule has 0 saturated carbocycles. The van der Waals surface area contributed by atoms with Crippen LogP contribution in [0, 0.1) is 5.92 Å². The number of rotatable bonds is 33. The first kappa shape index (κ1) is 68.6. The largest absolute Gasteiger partial charge is 0.460 e. The maximum Gasteiger partial charge on any atom is 0.407 e. The van der Waals surface area contributed by atoms with E-state index >= 15 is 0 Å². The van der Waals surface area contributed by atoms with Gasteiger partial charge in [0.2, 0.25) is 29.5 Å². The van der Waals surface area contributed by atoms with Gasteiger partial charge in [-0.1, -0.05) is 62.4 Å². The standard InChI is InChI=1S/C58H88N6O17/c1-36(2)49(54(72)61-38(4)51(69)60-37(3)50(68)59-25-27-75-29-31-77-33-32-76-30-28-74-26-24-47(66)80-57(8,9)10)64-52(70)44(22-23-46(65)79-56(5,6)7)62-53(71)45(34-48(67)81-58(11,12)13)63-55(73)78-35-43-41-20-16-14-18-39(41)40-19-15-17-21-42(40)43/h14-21,36-38,43-45,49H,22-35H2,1-13H3,(H,59,68)(H,60,69)(H,61,72)(H,62,71)(H,63,73)(H,64,70)/t37-,38-,44-,45-,49-/m0/s1. The van der Waals surface area contributed by atoms with Crippen LogP contribution in [-0.2, 0) is 76.3 Å². The van der Waals surface area contributed by atoms with Gasteiger partial charge >= 0.3 is 24.0 Å². The van der Waals surface area contributed by atoms with Gasteiger partial charge in [-0.15, -0.1) is 0 Å². The zero-order valence-electron chi connectivity index (χ0n) is 49.5. The van der Waals surface area contributed by atoms with Gasteiger partial charge in [-0.25, -0.2) is 4.79 Å². The summed E-state index contributed by atoms with van der Waals surface area (Å²) in [6, 6.07) is 8.79. The quantitative estimate of drug-likeness (QED) is 0.0330. The van der Waals surface area contributed by atoms with Crippen LogP contribution in [0.25, 0.3) is 11.1 Å². The molecule has 6 amide bonds. The predicted octanol–water partition coefficient (Wildman–Crippen LogP) is 4.30. The average molecular weight is 1140 g/mol. The molecule has 1 aliphatic carbocycles. The highest BCUT2D eigenvalue weighted by Gasteiger charge is 2.36. The molecule has 0 fully saturated rings. The first-order valence-corrected chi connectivity index (χ1v) is 27.5. The first-order valence-electron chi connectivity index (χ1n) is 27.5. The second kappa shape index (κ2) is 33.3. The number of fused-ring (bicyclic) bond motifs is 3. The van der Waals surface area contributed by atoms with Gasteiger partial charge in [0.25, 0.3) is 0 Å². The summed E-state index contributed by atoms with van der Waals surface area (Å²) in [5.74, 6) is -6.68. The molecular formula is C58H88N6O17. The third-order valence-corrected chi connectivity index (χ3v) is 11.7. The van der Waals surface area contributed by atoms with Crippen molar-refractivity contribution in [3.05, 3.63) is 59.7 Å². The highest BCUT2D eigenvalue weighted by Crippen LogP contribution is 2.44. The fourth-order valence-electron chi connectivity index (χ4n) is 8.01. The monoisotopic (exact) mass is 1140 g/mol. The summed E-state index contributed by atoms with van der Waals surface area (Å²) in [6.07, 6.45) is -2.25. The van der Waals surface area contributed by atoms with Crippen LogP contribution in [-0.4, -0.2) is 167 Å². The second-order valence-corrected chi connectivity index (χ2v) is 22.8. The van der Waals surface area contributed by atoms with Crippen LogP contribution in [0.2, 0.25) is 0 Å². The molecule has 81 heavy (non-hydrogen) atoms. The number of esters is 3. The predicted molar refractivity (Wildman–Crippen MR) is 298 cm³/mol. The molecule has 0 heterocycles. The molecule has 0 unspecified atom stereocenters. The van der Waals surface area contributed by atoms with Gasteiger partial charge < -0.3 is 69.8 Å². The summed E-state index contributed by atoms with van der Waals surface area (Å²) in [4.78, 5) is 120. The summed E-state index contributed by atoms with van der Waals surface area (Å²) in [5.41, 5.74) is 1.50. The Morgan fingerprint density at radius 1 is 0.469 bits per heavy atom. The van der Waals surface area contributed by atoms with Crippen LogP contribution in [0.1, 0.15) is 133 Å². The summed E-state index contributed by atoms with van der Waals surface area (Å²) < 4.78 is 43.6. The molecule has 2 aromatic rings. The van der Waals surface area contributed by atoms with E-state index in [0.717, 1.165) is 22.3 Å². The van der Waals surface area contributed by atoms with Crippen molar-refractivity contribution in [2.45, 2.75) is 169 Å². The van der Waals surface area contributed by atoms with Gasteiger partial charge in [0, 0.05) is 18.9 Å². The van der Waals surface area contributed by atoms with E-state index in [4.69, 9.17) is 37.9 Å². The van der Waals surface area contributed by atoms with Gasteiger partial charge in [0.05, 0.1) is 65.7 Å². The van der Waals surface area contributed by atoms with Crippen LogP contribution < -0.4 is 31.9 Å². The molecule has 2 aromatic carbocycles. The lowest BCUT2D eigenvalue weighted by Crippen LogP contribution is -2.59. The number of alkyl carbamates (subject to hydrolysis) is 1. The third-order valence-electron chi connectivity index (χ3n) is 11.7. The lowest BCUT2D eigenvalue weighted by molar-refractivity contribution is -0.157. The summed E-state index contributed by atoms with van der Waals surface area (Å²) >= 11 is 0. The smallest absolute Gasteiger partial charge is 0.407 e. The van der Waals surface area contributed by atoms with Crippen molar-refractivity contribution in [2.75, 3.05) is 66.0 Å². The number of benzene rings is 2. The molecule has 452 valence electrons. The second-order valence-electron chi connectivity index (χ2n) is 22.8. The summed E-state index contributed by atoms with van der Waals surface area (Å²) in [7, 11) is 0. The Labute approximate surface area is 476 Å². The molecule has 0 aliphatic heterocycles. The van der Waals surface area contributed by atoms with E-state index in [1.165, 1.54) is 13.8 Å². The molecule has 23 nitrogen and oxygen atoms in total. The maximum atomic E-state index is 14.2. The van der Waals surface area contributed by atoms with Crippen LogP contribution >= 0.6 is 0 Å². The van der Waals surface area contributed by atoms with E-state index in [-0.39, 0.29) is 70.7 Å². The minimum absolute atomic E-state index is 0.108. The molecule has 5 atom stereocenters. The Hall–Kier alpha value is -6.69. The molecule has 0 spiro atoms. The zero-order valence-corrected chi connectivity index (χ0v) is 49.5. The van der Waals surface area contributed by atoms with Crippen molar-refractivity contribution in [3.8, 4) is 11.1 Å². The molecule has 0 radical (unpaired) electrons. The van der Waals surface area contributed by atoms with E-state index in [0.29, 0.717) is 26.4 Å². The minimum atomic E-state index is -1.64. The van der Waals surface area contributed by atoms with Crippen molar-refractivity contribution in [1.29, 1.82) is 0 Å². The van der Waals surface area contributed by atoms with Crippen molar-refractivity contribution in [3.63, 3.8) is 0 Å². The first-order chi connectivity index (χ1) is 37.9. The lowest BCUT2D eigenvalue weighted by atomic mass is 9.98. The average Bonchev–Trinajstić information content (AvgIpc) is 3.70. The molecule has 0 saturated heterocycles. The topological polar surface area (TPSA) is 300 Å². The molecule has 23 heteroatoms. The van der Waals surface area contributed by atoms with E-state index in [2.05, 4.69) is 31.9 Å². The highest BCUT2D eigenvalue weighted by molar-refractivity contribution is 5.97. The Morgan fingerprint density at radius 3 is 1.43 bits per heavy atom. The van der Waals surface area contributed by atoms with E-state index < -0.39 is 107 Å². The molecule has 1 aliphatic rings. The third kappa shape index (κ3) is 26.6. The van der Waals surface area contributed by atoms with Crippen LogP contribution in [0.5, 0.6) is 0 Å². The number of hydrogen-bond acceptors (Lipinski definition) is 17. The van der Waals surface area contributed by atoms with Crippen molar-refractivity contribution in [2.24, 2.45) is 5.92 Å². The number of carbonyl (C=O) groups excluding carboxylic acids is 9. The Morgan fingerprint density at radius 2 is 0.914 bits per heavy atom. The zero-order chi connectivity index (χ0) is 60.5. The van der Waals surface area contributed by atoms with E-state index in [1.54, 1.807) is 76.2 Å². The molecule has 0 bridgehead atoms. The highest BCUT2D eigenvalue weighted by atomic mass is 16.6. The normalized spacial score (nSPS) is 14.1. The number of carbonyl (C=O) groups is 9. The number of nitrogens with one attached hydrogen (secondary N) is 6. The SMILES string of the molecule is CC(C)[C@H](NC(=O)[C@H](CCC(=O)OC(C)(C)C)NC(=O)[C@H](CC(=O)OC(C)(C)C)NC(=O)OCC1c2ccccc2-c2ccccc21)C(=O)N[C@@H](C)C(=O)N[C@@H](C)C(=O)NCCOCCOCCOCCOCCC(=O)OC(C)(C)C. The Bertz CT molecular complexity index is 2370. The Kier molecular flexibility index (Phi) is 28.2. The van der Waals surface area contributed by atoms with Gasteiger partial charge in [-0.2, -0.15) is 0 Å². The number of ether oxygens (including phenoxy) is 8. The molecule has 0 aromatic heterocycles. The molecule has 3 rings (SSSR count). The van der Waals surface area contributed by atoms with Gasteiger partial charge in [-0.3, -0.25) is 38.4 Å². The fraction of sp³-hybridized carbons (Fsp3) is 0.638. The number of hydrogen-bond donors (Lipinski definition) is 6. The maximum absolute atomic E-state index is 14.2. The summed E-state index contributed by atoms with van der Waals surface area (Å²) in [5, 5.41) is 15.4. The van der Waals surface area contributed by atoms with Gasteiger partial charge in [0.15, 0.2) is 0 Å². The van der Waals surface area contributed by atoms with E-state index in [9.17, 15) is 43.2 Å². The van der Waals surface area contributed by atoms with Crippen LogP contribution in [0.3, 0.4) is 0 Å². The van der Waals surface area contributed by atoms with Crippen molar-refractivity contribution < 1.29 is 81.0 Å². The number of amides is 6. The summed E-state index contributed by atoms with van der Waals surface area (Å²) in [6.45, 7) is 23.7. The van der Waals surface area contributed by atoms with Crippen molar-refractivity contribution >= 4 is 53.5 Å². The van der Waals surface area contributed by atoms with E-state index in [1.807, 2.05) is 48.5 Å². The molecule has 6 N–H and O–H groups in total. The van der Waals surface area contributed by atoms with Crippen LogP contribution in [0.4, 0.5) is 4.79 Å².